The van der Waals surface area contributed by atoms with Crippen molar-refractivity contribution in [3.63, 3.8) is 0 Å². The molecule has 0 bridgehead atoms. The van der Waals surface area contributed by atoms with Crippen molar-refractivity contribution < 1.29 is 4.39 Å². The summed E-state index contributed by atoms with van der Waals surface area (Å²) in [6.45, 7) is 0.340. The lowest BCUT2D eigenvalue weighted by Gasteiger charge is -2.04. The van der Waals surface area contributed by atoms with Crippen molar-refractivity contribution in [2.75, 3.05) is 5.32 Å². The summed E-state index contributed by atoms with van der Waals surface area (Å²) in [6, 6.07) is 4.80. The molecule has 0 radical (unpaired) electrons. The third kappa shape index (κ3) is 2.54. The van der Waals surface area contributed by atoms with Gasteiger partial charge in [-0.3, -0.25) is 0 Å². The molecular formula is C9H9BrFN5. The minimum atomic E-state index is -0.321. The molecule has 0 unspecified atom stereocenters. The molecular weight excluding hydrogens is 277 g/mol. The van der Waals surface area contributed by atoms with Gasteiger partial charge in [0, 0.05) is 4.47 Å². The lowest BCUT2D eigenvalue weighted by molar-refractivity contribution is 0.626. The van der Waals surface area contributed by atoms with E-state index in [0.717, 1.165) is 0 Å². The van der Waals surface area contributed by atoms with E-state index in [1.165, 1.54) is 10.9 Å². The smallest absolute Gasteiger partial charge is 0.193 e. The summed E-state index contributed by atoms with van der Waals surface area (Å²) in [5.41, 5.74) is 0.413. The third-order valence-electron chi connectivity index (χ3n) is 1.92. The third-order valence-corrected chi connectivity index (χ3v) is 2.41. The minimum absolute atomic E-state index is 0.321. The van der Waals surface area contributed by atoms with E-state index in [2.05, 4.69) is 36.7 Å². The van der Waals surface area contributed by atoms with Gasteiger partial charge in [-0.25, -0.2) is 4.39 Å². The maximum absolute atomic E-state index is 13.4. The maximum atomic E-state index is 13.4. The van der Waals surface area contributed by atoms with Gasteiger partial charge in [-0.2, -0.15) is 4.80 Å². The molecule has 84 valence electrons. The molecule has 1 aromatic heterocycles. The first-order valence-electron chi connectivity index (χ1n) is 4.57. The van der Waals surface area contributed by atoms with Gasteiger partial charge in [-0.05, 0) is 23.4 Å². The molecule has 0 aliphatic rings. The highest BCUT2D eigenvalue weighted by atomic mass is 79.9. The Kier molecular flexibility index (Phi) is 3.14. The van der Waals surface area contributed by atoms with Crippen LogP contribution in [0.5, 0.6) is 0 Å². The molecule has 5 nitrogen and oxygen atoms in total. The molecule has 0 saturated heterocycles. The minimum Gasteiger partial charge on any atom is -0.375 e. The predicted octanol–water partition coefficient (Wildman–Crippen LogP) is 1.72. The summed E-state index contributed by atoms with van der Waals surface area (Å²) in [7, 11) is 1.68. The fourth-order valence-corrected chi connectivity index (χ4v) is 1.53. The summed E-state index contributed by atoms with van der Waals surface area (Å²) < 4.78 is 14.1. The van der Waals surface area contributed by atoms with E-state index in [4.69, 9.17) is 0 Å². The predicted molar refractivity (Wildman–Crippen MR) is 60.2 cm³/mol. The topological polar surface area (TPSA) is 55.6 Å². The summed E-state index contributed by atoms with van der Waals surface area (Å²) in [5, 5.41) is 14.3. The molecule has 0 amide bonds. The van der Waals surface area contributed by atoms with E-state index in [1.807, 2.05) is 0 Å². The monoisotopic (exact) mass is 285 g/mol. The maximum Gasteiger partial charge on any atom is 0.193 e. The van der Waals surface area contributed by atoms with Crippen LogP contribution in [0.4, 0.5) is 10.1 Å². The van der Waals surface area contributed by atoms with Gasteiger partial charge in [-0.1, -0.05) is 15.9 Å². The van der Waals surface area contributed by atoms with Crippen molar-refractivity contribution in [2.45, 2.75) is 6.54 Å². The largest absolute Gasteiger partial charge is 0.375 e. The molecule has 0 fully saturated rings. The van der Waals surface area contributed by atoms with Gasteiger partial charge < -0.3 is 5.32 Å². The molecule has 1 aromatic carbocycles. The summed E-state index contributed by atoms with van der Waals surface area (Å²) in [4.78, 5) is 1.36. The molecule has 1 heterocycles. The number of nitrogens with zero attached hydrogens (tertiary/aromatic N) is 4. The van der Waals surface area contributed by atoms with Crippen molar-refractivity contribution in [2.24, 2.45) is 7.05 Å². The number of rotatable bonds is 3. The number of aromatic nitrogens is 4. The molecule has 1 N–H and O–H groups in total. The zero-order valence-corrected chi connectivity index (χ0v) is 10.1. The standard InChI is InChI=1S/C9H9BrFN5/c1-16-14-9(13-15-16)5-12-8-3-2-6(10)4-7(8)11/h2-4,12H,5H2,1H3. The Labute approximate surface area is 99.8 Å². The fraction of sp³-hybridized carbons (Fsp3) is 0.222. The normalized spacial score (nSPS) is 10.4. The summed E-state index contributed by atoms with van der Waals surface area (Å²) >= 11 is 3.19. The molecule has 0 saturated carbocycles. The van der Waals surface area contributed by atoms with Crippen molar-refractivity contribution in [1.29, 1.82) is 0 Å². The van der Waals surface area contributed by atoms with E-state index in [1.54, 1.807) is 19.2 Å². The van der Waals surface area contributed by atoms with E-state index in [0.29, 0.717) is 22.5 Å². The van der Waals surface area contributed by atoms with E-state index in [9.17, 15) is 4.39 Å². The number of benzene rings is 1. The van der Waals surface area contributed by atoms with Gasteiger partial charge in [-0.15, -0.1) is 10.2 Å². The molecule has 2 rings (SSSR count). The van der Waals surface area contributed by atoms with Crippen molar-refractivity contribution in [3.8, 4) is 0 Å². The Morgan fingerprint density at radius 2 is 2.31 bits per heavy atom. The van der Waals surface area contributed by atoms with Gasteiger partial charge in [0.05, 0.1) is 19.3 Å². The SMILES string of the molecule is Cn1nnc(CNc2ccc(Br)cc2F)n1. The quantitative estimate of drug-likeness (QED) is 0.933. The van der Waals surface area contributed by atoms with Crippen LogP contribution in [-0.4, -0.2) is 20.2 Å². The van der Waals surface area contributed by atoms with E-state index in [-0.39, 0.29) is 5.82 Å². The second-order valence-electron chi connectivity index (χ2n) is 3.17. The number of anilines is 1. The highest BCUT2D eigenvalue weighted by Gasteiger charge is 2.04. The summed E-state index contributed by atoms with van der Waals surface area (Å²) in [6.07, 6.45) is 0. The Hall–Kier alpha value is -1.50. The zero-order valence-electron chi connectivity index (χ0n) is 8.48. The highest BCUT2D eigenvalue weighted by molar-refractivity contribution is 9.10. The lowest BCUT2D eigenvalue weighted by atomic mass is 10.3. The molecule has 0 aliphatic heterocycles. The van der Waals surface area contributed by atoms with Gasteiger partial charge in [0.15, 0.2) is 5.82 Å². The lowest BCUT2D eigenvalue weighted by Crippen LogP contribution is -2.03. The van der Waals surface area contributed by atoms with Gasteiger partial charge in [0.25, 0.3) is 0 Å². The fourth-order valence-electron chi connectivity index (χ4n) is 1.20. The first-order valence-corrected chi connectivity index (χ1v) is 5.36. The molecule has 0 atom stereocenters. The Balaban J connectivity index is 2.04. The van der Waals surface area contributed by atoms with Crippen molar-refractivity contribution in [1.82, 2.24) is 20.2 Å². The average molecular weight is 286 g/mol. The van der Waals surface area contributed by atoms with E-state index < -0.39 is 0 Å². The number of tetrazole rings is 1. The van der Waals surface area contributed by atoms with Crippen molar-refractivity contribution in [3.05, 3.63) is 34.3 Å². The van der Waals surface area contributed by atoms with E-state index >= 15 is 0 Å². The van der Waals surface area contributed by atoms with Crippen molar-refractivity contribution >= 4 is 21.6 Å². The number of nitrogens with one attached hydrogen (secondary N) is 1. The Bertz CT molecular complexity index is 498. The van der Waals surface area contributed by atoms with Crippen LogP contribution in [0.3, 0.4) is 0 Å². The van der Waals surface area contributed by atoms with Crippen LogP contribution in [0.1, 0.15) is 5.82 Å². The number of halogens is 2. The molecule has 0 aliphatic carbocycles. The van der Waals surface area contributed by atoms with Crippen LogP contribution < -0.4 is 5.32 Å². The van der Waals surface area contributed by atoms with Crippen LogP contribution in [0.25, 0.3) is 0 Å². The Morgan fingerprint density at radius 3 is 2.94 bits per heavy atom. The molecule has 7 heteroatoms. The van der Waals surface area contributed by atoms with Gasteiger partial charge in [0.1, 0.15) is 5.82 Å². The zero-order chi connectivity index (χ0) is 11.5. The molecule has 0 spiro atoms. The van der Waals surface area contributed by atoms with Gasteiger partial charge >= 0.3 is 0 Å². The first kappa shape index (κ1) is 11.0. The molecule has 16 heavy (non-hydrogen) atoms. The van der Waals surface area contributed by atoms with Crippen LogP contribution in [-0.2, 0) is 13.6 Å². The average Bonchev–Trinajstić information content (AvgIpc) is 2.63. The van der Waals surface area contributed by atoms with Crippen LogP contribution in [0.15, 0.2) is 22.7 Å². The number of hydrogen-bond acceptors (Lipinski definition) is 4. The van der Waals surface area contributed by atoms with Crippen LogP contribution >= 0.6 is 15.9 Å². The second-order valence-corrected chi connectivity index (χ2v) is 4.09. The molecule has 2 aromatic rings. The van der Waals surface area contributed by atoms with Crippen LogP contribution in [0.2, 0.25) is 0 Å². The first-order chi connectivity index (χ1) is 7.65. The van der Waals surface area contributed by atoms with Crippen LogP contribution in [0, 0.1) is 5.82 Å². The number of aryl methyl sites for hydroxylation is 1. The number of hydrogen-bond donors (Lipinski definition) is 1. The van der Waals surface area contributed by atoms with Gasteiger partial charge in [0.2, 0.25) is 0 Å². The second kappa shape index (κ2) is 4.56. The summed E-state index contributed by atoms with van der Waals surface area (Å²) in [5.74, 6) is 0.197. The highest BCUT2D eigenvalue weighted by Crippen LogP contribution is 2.19. The Morgan fingerprint density at radius 1 is 1.50 bits per heavy atom.